The van der Waals surface area contributed by atoms with E-state index in [9.17, 15) is 37.1 Å². The number of amides is 3. The van der Waals surface area contributed by atoms with E-state index in [0.717, 1.165) is 4.90 Å². The lowest BCUT2D eigenvalue weighted by atomic mass is 9.68. The van der Waals surface area contributed by atoms with Crippen LogP contribution in [0.4, 0.5) is 19.3 Å². The smallest absolute Gasteiger partial charge is 0.408 e. The molecule has 1 unspecified atom stereocenters. The van der Waals surface area contributed by atoms with E-state index in [1.807, 2.05) is 0 Å². The van der Waals surface area contributed by atoms with Gasteiger partial charge in [0.2, 0.25) is 15.9 Å². The summed E-state index contributed by atoms with van der Waals surface area (Å²) in [7, 11) is -3.91. The molecule has 12 nitrogen and oxygen atoms in total. The molecule has 2 aliphatic carbocycles. The van der Waals surface area contributed by atoms with Gasteiger partial charge in [-0.3, -0.25) is 24.0 Å². The van der Waals surface area contributed by atoms with Crippen molar-refractivity contribution in [3.05, 3.63) is 77.9 Å². The highest BCUT2D eigenvalue weighted by molar-refractivity contribution is 7.91. The molecule has 49 heavy (non-hydrogen) atoms. The van der Waals surface area contributed by atoms with Crippen LogP contribution >= 0.6 is 0 Å². The number of ketones is 1. The van der Waals surface area contributed by atoms with E-state index in [-0.39, 0.29) is 37.4 Å². The highest BCUT2D eigenvalue weighted by Gasteiger charge is 2.63. The number of nitrogens with zero attached hydrogens (tertiary/aromatic N) is 1. The third kappa shape index (κ3) is 6.18. The second kappa shape index (κ2) is 12.5. The van der Waals surface area contributed by atoms with Gasteiger partial charge >= 0.3 is 6.09 Å². The Morgan fingerprint density at radius 3 is 2.37 bits per heavy atom. The number of hydrogen-bond donors (Lipinski definition) is 5. The second-order valence-corrected chi connectivity index (χ2v) is 15.8. The molecule has 262 valence electrons. The van der Waals surface area contributed by atoms with Crippen LogP contribution in [0.1, 0.15) is 56.7 Å². The Balaban J connectivity index is 1.35. The first kappa shape index (κ1) is 34.5. The minimum Gasteiger partial charge on any atom is -0.465 e. The first-order chi connectivity index (χ1) is 23.1. The van der Waals surface area contributed by atoms with Gasteiger partial charge in [-0.05, 0) is 67.5 Å². The maximum absolute atomic E-state index is 15.1. The van der Waals surface area contributed by atoms with Crippen molar-refractivity contribution in [2.24, 2.45) is 17.3 Å². The molecule has 15 heteroatoms. The third-order valence-electron chi connectivity index (χ3n) is 10.3. The summed E-state index contributed by atoms with van der Waals surface area (Å²) >= 11 is 0. The Labute approximate surface area is 282 Å². The minimum absolute atomic E-state index is 0.115. The monoisotopic (exact) mass is 699 g/mol. The summed E-state index contributed by atoms with van der Waals surface area (Å²) < 4.78 is 56.1. The first-order valence-electron chi connectivity index (χ1n) is 16.2. The van der Waals surface area contributed by atoms with Gasteiger partial charge < -0.3 is 21.1 Å². The van der Waals surface area contributed by atoms with E-state index < -0.39 is 85.6 Å². The highest BCUT2D eigenvalue weighted by Crippen LogP contribution is 2.52. The number of hydrogen-bond acceptors (Lipinski definition) is 8. The van der Waals surface area contributed by atoms with Crippen LogP contribution in [0, 0.1) is 28.9 Å². The predicted molar refractivity (Wildman–Crippen MR) is 174 cm³/mol. The van der Waals surface area contributed by atoms with Crippen molar-refractivity contribution < 1.29 is 41.5 Å². The molecular weight excluding hydrogens is 660 g/mol. The lowest BCUT2D eigenvalue weighted by Gasteiger charge is -2.41. The van der Waals surface area contributed by atoms with Gasteiger partial charge in [0.15, 0.2) is 5.78 Å². The van der Waals surface area contributed by atoms with Crippen LogP contribution < -0.4 is 20.7 Å². The van der Waals surface area contributed by atoms with E-state index in [0.29, 0.717) is 24.1 Å². The standard InChI is InChI=1S/C34H39F2N5O7S/c1-4-19-14-34(19,31(44)40-49(47,48)22-12-13-22)39-30(43)26-15-33(17-37-26,28-23-6-5-7-25(36)24(23)16-41(28)32(45)46)29(42)27(18(2)3)38-21-10-8-20(35)9-11-21/h4-11,18-19,22,26-28,37-38H,1,12-17H2,2-3H3,(H,39,43)(H,40,44)(H,45,46)/t19-,26+,27+,28?,33-,34-/m1/s1. The third-order valence-corrected chi connectivity index (χ3v) is 12.1. The Morgan fingerprint density at radius 1 is 1.08 bits per heavy atom. The summed E-state index contributed by atoms with van der Waals surface area (Å²) in [6.07, 6.45) is 0.834. The molecule has 0 radical (unpaired) electrons. The summed E-state index contributed by atoms with van der Waals surface area (Å²) in [4.78, 5) is 55.9. The van der Waals surface area contributed by atoms with Gasteiger partial charge in [0.25, 0.3) is 5.91 Å². The van der Waals surface area contributed by atoms with Gasteiger partial charge in [-0.15, -0.1) is 6.58 Å². The molecule has 6 rings (SSSR count). The lowest BCUT2D eigenvalue weighted by molar-refractivity contribution is -0.134. The summed E-state index contributed by atoms with van der Waals surface area (Å²) in [5, 5.41) is 18.6. The van der Waals surface area contributed by atoms with Gasteiger partial charge in [-0.1, -0.05) is 32.1 Å². The van der Waals surface area contributed by atoms with E-state index in [1.165, 1.54) is 42.5 Å². The van der Waals surface area contributed by atoms with Crippen LogP contribution in [0.2, 0.25) is 0 Å². The fourth-order valence-corrected chi connectivity index (χ4v) is 8.69. The largest absolute Gasteiger partial charge is 0.465 e. The molecule has 6 atom stereocenters. The molecule has 3 amide bonds. The van der Waals surface area contributed by atoms with Gasteiger partial charge in [0.05, 0.1) is 35.3 Å². The van der Waals surface area contributed by atoms with E-state index in [2.05, 4.69) is 27.3 Å². The molecule has 4 aliphatic rings. The van der Waals surface area contributed by atoms with Crippen LogP contribution in [-0.4, -0.2) is 71.5 Å². The van der Waals surface area contributed by atoms with Gasteiger partial charge in [-0.25, -0.2) is 22.0 Å². The molecule has 2 aliphatic heterocycles. The normalized spacial score (nSPS) is 28.0. The van der Waals surface area contributed by atoms with Crippen LogP contribution in [0.3, 0.4) is 0 Å². The van der Waals surface area contributed by atoms with Crippen molar-refractivity contribution in [2.75, 3.05) is 11.9 Å². The molecule has 1 saturated heterocycles. The Hall–Kier alpha value is -4.37. The predicted octanol–water partition coefficient (Wildman–Crippen LogP) is 3.22. The summed E-state index contributed by atoms with van der Waals surface area (Å²) in [6.45, 7) is 6.80. The van der Waals surface area contributed by atoms with Crippen LogP contribution in [-0.2, 0) is 31.0 Å². The lowest BCUT2D eigenvalue weighted by Crippen LogP contribution is -2.55. The molecule has 0 spiro atoms. The molecule has 2 heterocycles. The average molecular weight is 700 g/mol. The molecule has 0 aromatic heterocycles. The van der Waals surface area contributed by atoms with Crippen LogP contribution in [0.15, 0.2) is 55.1 Å². The van der Waals surface area contributed by atoms with Crippen molar-refractivity contribution >= 4 is 39.4 Å². The van der Waals surface area contributed by atoms with E-state index in [1.54, 1.807) is 19.9 Å². The molecule has 5 N–H and O–H groups in total. The number of carbonyl (C=O) groups excluding carboxylic acids is 3. The van der Waals surface area contributed by atoms with E-state index >= 15 is 4.39 Å². The molecule has 2 aromatic carbocycles. The highest BCUT2D eigenvalue weighted by atomic mass is 32.2. The van der Waals surface area contributed by atoms with Crippen molar-refractivity contribution in [1.29, 1.82) is 0 Å². The zero-order valence-corrected chi connectivity index (χ0v) is 27.9. The molecule has 2 aromatic rings. The van der Waals surface area contributed by atoms with Crippen molar-refractivity contribution in [2.45, 2.75) is 75.0 Å². The topological polar surface area (TPSA) is 174 Å². The number of Topliss-reactive ketones (excluding diaryl/α,β-unsaturated/α-hetero) is 1. The quantitative estimate of drug-likeness (QED) is 0.209. The van der Waals surface area contributed by atoms with Crippen molar-refractivity contribution in [3.8, 4) is 0 Å². The number of anilines is 1. The maximum atomic E-state index is 15.1. The molecular formula is C34H39F2N5O7S. The number of benzene rings is 2. The first-order valence-corrected chi connectivity index (χ1v) is 17.8. The van der Waals surface area contributed by atoms with Crippen LogP contribution in [0.5, 0.6) is 0 Å². The second-order valence-electron chi connectivity index (χ2n) is 13.8. The SMILES string of the molecule is C=C[C@@H]1C[C@]1(NC(=O)[C@@H]1C[C@](C(=O)[C@@H](Nc2ccc(F)cc2)C(C)C)(C2c3cccc(F)c3CN2C(=O)O)CN1)C(=O)NS(=O)(=O)C1CC1. The van der Waals surface area contributed by atoms with Crippen LogP contribution in [0.25, 0.3) is 0 Å². The fraction of sp³-hybridized carbons (Fsp3) is 0.471. The number of rotatable bonds is 12. The number of fused-ring (bicyclic) bond motifs is 1. The average Bonchev–Trinajstić information content (AvgIpc) is 3.94. The number of nitrogens with one attached hydrogen (secondary N) is 4. The summed E-state index contributed by atoms with van der Waals surface area (Å²) in [6, 6.07) is 6.38. The van der Waals surface area contributed by atoms with Crippen molar-refractivity contribution in [3.63, 3.8) is 0 Å². The number of carbonyl (C=O) groups is 4. The minimum atomic E-state index is -3.91. The van der Waals surface area contributed by atoms with Gasteiger partial charge in [0.1, 0.15) is 17.2 Å². The zero-order valence-electron chi connectivity index (χ0n) is 27.0. The number of carboxylic acid groups (broad SMARTS) is 1. The number of halogens is 2. The molecule has 2 saturated carbocycles. The Kier molecular flexibility index (Phi) is 8.80. The van der Waals surface area contributed by atoms with Crippen molar-refractivity contribution in [1.82, 2.24) is 20.3 Å². The summed E-state index contributed by atoms with van der Waals surface area (Å²) in [5.41, 5.74) is -2.32. The van der Waals surface area contributed by atoms with E-state index in [4.69, 9.17) is 0 Å². The fourth-order valence-electron chi connectivity index (χ4n) is 7.33. The van der Waals surface area contributed by atoms with Gasteiger partial charge in [-0.2, -0.15) is 0 Å². The molecule has 3 fully saturated rings. The zero-order chi connectivity index (χ0) is 35.5. The Morgan fingerprint density at radius 2 is 1.78 bits per heavy atom. The Bertz CT molecular complexity index is 1820. The summed E-state index contributed by atoms with van der Waals surface area (Å²) in [5.74, 6) is -4.02. The van der Waals surface area contributed by atoms with Gasteiger partial charge in [0, 0.05) is 23.7 Å². The molecule has 0 bridgehead atoms. The number of sulfonamides is 1. The maximum Gasteiger partial charge on any atom is 0.408 e.